The second-order valence-corrected chi connectivity index (χ2v) is 36.3. The van der Waals surface area contributed by atoms with Crippen LogP contribution in [0.3, 0.4) is 0 Å². The Bertz CT molecular complexity index is 5190. The number of primary amides is 2. The van der Waals surface area contributed by atoms with Crippen molar-refractivity contribution < 1.29 is 92.0 Å². The Labute approximate surface area is 791 Å². The molecule has 16 amide bonds. The molecule has 16 atom stereocenters. The third-order valence-electron chi connectivity index (χ3n) is 24.6. The summed E-state index contributed by atoms with van der Waals surface area (Å²) in [7, 11) is 4.09. The number of amides is 16. The number of imidazole rings is 1. The van der Waals surface area contributed by atoms with Gasteiger partial charge in [-0.25, -0.2) is 4.98 Å². The maximum Gasteiger partial charge on any atom is 0.246 e. The van der Waals surface area contributed by atoms with E-state index in [1.807, 2.05) is 13.8 Å². The summed E-state index contributed by atoms with van der Waals surface area (Å²) in [6.45, 7) is 6.16. The first-order chi connectivity index (χ1) is 64.8. The molecule has 45 heteroatoms. The molecule has 3 aliphatic rings. The molecule has 136 heavy (non-hydrogen) atoms. The number of aromatic amines is 3. The average molecular weight is 1910 g/mol. The lowest BCUT2D eigenvalue weighted by atomic mass is 9.99. The fourth-order valence-corrected chi connectivity index (χ4v) is 17.8. The van der Waals surface area contributed by atoms with Gasteiger partial charge in [0.2, 0.25) is 94.5 Å². The molecule has 0 bridgehead atoms. The fourth-order valence-electron chi connectivity index (χ4n) is 17.0. The van der Waals surface area contributed by atoms with E-state index in [1.54, 1.807) is 99.0 Å². The van der Waals surface area contributed by atoms with Crippen LogP contribution in [0.25, 0.3) is 21.8 Å². The van der Waals surface area contributed by atoms with Crippen molar-refractivity contribution in [2.45, 2.75) is 241 Å². The Kier molecular flexibility index (Phi) is 39.8. The highest BCUT2D eigenvalue weighted by atomic mass is 32.2. The molecule has 3 aromatic carbocycles. The zero-order valence-corrected chi connectivity index (χ0v) is 78.6. The van der Waals surface area contributed by atoms with Gasteiger partial charge in [0.25, 0.3) is 0 Å². The van der Waals surface area contributed by atoms with Gasteiger partial charge in [-0.15, -0.1) is 11.8 Å². The van der Waals surface area contributed by atoms with Gasteiger partial charge in [-0.1, -0.05) is 102 Å². The Morgan fingerprint density at radius 2 is 1.12 bits per heavy atom. The number of benzene rings is 3. The molecule has 3 saturated heterocycles. The van der Waals surface area contributed by atoms with E-state index in [0.29, 0.717) is 75.6 Å². The van der Waals surface area contributed by atoms with Crippen molar-refractivity contribution >= 4 is 140 Å². The summed E-state index contributed by atoms with van der Waals surface area (Å²) in [5.74, 6) is -16.7. The number of fused-ring (bicyclic) bond motifs is 4. The lowest BCUT2D eigenvalue weighted by molar-refractivity contribution is -0.147. The first-order valence-electron chi connectivity index (χ1n) is 45.8. The number of unbranched alkanes of at least 4 members (excludes halogenated alkanes) is 2. The summed E-state index contributed by atoms with van der Waals surface area (Å²) in [5, 5.41) is 74.1. The van der Waals surface area contributed by atoms with E-state index in [0.717, 1.165) is 26.5 Å². The van der Waals surface area contributed by atoms with Crippen molar-refractivity contribution in [3.05, 3.63) is 120 Å². The second kappa shape index (κ2) is 50.9. The summed E-state index contributed by atoms with van der Waals surface area (Å²) in [5.41, 5.74) is 26.3. The maximum atomic E-state index is 15.8. The van der Waals surface area contributed by atoms with Gasteiger partial charge in [0.15, 0.2) is 5.96 Å². The van der Waals surface area contributed by atoms with E-state index >= 15 is 33.6 Å². The molecule has 0 saturated carbocycles. The third-order valence-corrected chi connectivity index (χ3v) is 25.6. The number of hydrogen-bond donors (Lipinski definition) is 22. The number of nitrogens with zero attached hydrogens (tertiary/aromatic N) is 6. The summed E-state index contributed by atoms with van der Waals surface area (Å²) < 4.78 is 0. The normalized spacial score (nSPS) is 25.3. The number of nitrogens with one attached hydrogen (secondary N) is 15. The van der Waals surface area contributed by atoms with E-state index in [-0.39, 0.29) is 96.1 Å². The molecular formula is C91H131N25O19S. The molecule has 740 valence electrons. The van der Waals surface area contributed by atoms with Gasteiger partial charge in [0.1, 0.15) is 78.7 Å². The third kappa shape index (κ3) is 29.6. The molecule has 9 rings (SSSR count). The molecule has 26 N–H and O–H groups in total. The highest BCUT2D eigenvalue weighted by Crippen LogP contribution is 2.29. The number of aliphatic hydroxyl groups is 3. The number of anilines is 1. The molecule has 6 aromatic rings. The van der Waals surface area contributed by atoms with Crippen LogP contribution < -0.4 is 81.4 Å². The van der Waals surface area contributed by atoms with Crippen molar-refractivity contribution in [3.63, 3.8) is 0 Å². The molecule has 0 spiro atoms. The Morgan fingerprint density at radius 1 is 0.574 bits per heavy atom. The monoisotopic (exact) mass is 1910 g/mol. The van der Waals surface area contributed by atoms with E-state index in [9.17, 15) is 58.5 Å². The van der Waals surface area contributed by atoms with Crippen LogP contribution in [0.4, 0.5) is 5.69 Å². The number of aromatic nitrogens is 4. The van der Waals surface area contributed by atoms with Crippen LogP contribution in [0.5, 0.6) is 0 Å². The van der Waals surface area contributed by atoms with Crippen LogP contribution in [0.15, 0.2) is 97.7 Å². The average Bonchev–Trinajstić information content (AvgIpc) is 1.53. The predicted octanol–water partition coefficient (Wildman–Crippen LogP) is -3.26. The molecule has 0 aliphatic carbocycles. The Balaban J connectivity index is 1.10. The number of thioether (sulfide) groups is 1. The molecule has 6 heterocycles. The number of carbonyl (C=O) groups is 16. The van der Waals surface area contributed by atoms with Gasteiger partial charge in [-0.2, -0.15) is 0 Å². The maximum absolute atomic E-state index is 15.8. The number of guanidine groups is 1. The number of hydrogen-bond acceptors (Lipinski definition) is 24. The quantitative estimate of drug-likeness (QED) is 0.0110. The number of para-hydroxylation sites is 2. The van der Waals surface area contributed by atoms with E-state index in [4.69, 9.17) is 28.3 Å². The zero-order valence-electron chi connectivity index (χ0n) is 77.8. The number of nitrogens with two attached hydrogens (primary N) is 4. The minimum atomic E-state index is -1.87. The molecule has 3 aromatic heterocycles. The van der Waals surface area contributed by atoms with Gasteiger partial charge in [-0.05, 0) is 106 Å². The molecule has 3 aliphatic heterocycles. The van der Waals surface area contributed by atoms with Crippen LogP contribution >= 0.6 is 11.8 Å². The van der Waals surface area contributed by atoms with Crippen molar-refractivity contribution in [3.8, 4) is 0 Å². The van der Waals surface area contributed by atoms with Gasteiger partial charge in [0, 0.05) is 123 Å². The van der Waals surface area contributed by atoms with Crippen LogP contribution in [0.1, 0.15) is 140 Å². The molecule has 44 nitrogen and oxygen atoms in total. The summed E-state index contributed by atoms with van der Waals surface area (Å²) in [6, 6.07) is -0.932. The zero-order chi connectivity index (χ0) is 99.3. The SMILES string of the molecule is CCCC[C@H]1C(O)N(C)[C@@H](CCCC)C(=O)N[C@@H](CCCNC(=N)N)C(=O)N[C@H](C(=O)NCC(N)=O)CSCC(=O)N[C@@H](Cc2ccc(N)cc2)C(=O)N(C)[C@@H](C)C(=O)N[C@@H](CC(N)=O)C(=O)N2CCC[C@H]2C(=O)N[C@@H](Cc2cnc[nH]2)C(=O)N[C@@H](CC(C)C)C(=O)N2C[C@H](O)CC2C(=O)N[C@@H](Cc2c[nH]c3ccccc23)C(=O)N[C@@H](CO)C(=O)N[C@@H](Cc2c[nH]c3ccccc23)C(=O)N1C. The lowest BCUT2D eigenvalue weighted by Crippen LogP contribution is -2.62. The van der Waals surface area contributed by atoms with Crippen LogP contribution in [0.2, 0.25) is 0 Å². The Morgan fingerprint density at radius 3 is 1.73 bits per heavy atom. The number of nitrogen functional groups attached to an aromatic ring is 1. The highest BCUT2D eigenvalue weighted by molar-refractivity contribution is 8.00. The van der Waals surface area contributed by atoms with Crippen molar-refractivity contribution in [1.82, 2.24) is 103 Å². The van der Waals surface area contributed by atoms with E-state index < -0.39 is 235 Å². The second-order valence-electron chi connectivity index (χ2n) is 35.2. The fraction of sp³-hybridized carbons (Fsp3) is 0.538. The Hall–Kier alpha value is -13.3. The number of rotatable bonds is 26. The summed E-state index contributed by atoms with van der Waals surface area (Å²) in [4.78, 5) is 254. The standard InChI is InChI=1S/C91H131N25O19S/c1-9-11-24-70-83(128)104-61(23-17-31-98-91(95)96)79(124)111-69(78(123)101-43-75(94)120)46-136-47-76(121)103-65(34-51-27-29-54(92)30-28-51)86(131)112(6)50(5)77(122)107-67(39-74(93)119)88(133)115-32-18-26-71(115)84(129)106-63(37-55-42-97-48-102-55)81(126)108-64(33-49(3)4)89(134)116-44-56(118)38-73(116)85(130)105-62(35-52-40-99-59-21-15-13-19-57(52)59)80(125)110-68(45-117)82(127)109-66(36-53-41-100-60-22-16-14-20-58(53)60)87(132)114(8)72(25-12-10-2)90(135)113(70)7/h13-16,19-22,27-30,40-42,48-50,56,61-73,90,99-100,117-118,135H,9-12,17-18,23-26,31-39,43-47,92H2,1-8H3,(H2,93,119)(H2,94,120)(H,97,102)(H,101,123)(H,103,121)(H,104,128)(H,105,130)(H,106,129)(H,107,122)(H,108,126)(H,109,127)(H,110,125)(H,111,124)(H4,95,96,98)/t50-,56+,61-,62-,63-,64-,65-,66-,67-,68-,69-,70-,71-,72-,73?,90?/m0/s1. The molecular weight excluding hydrogens is 1780 g/mol. The number of likely N-dealkylation sites (N-methyl/N-ethyl adjacent to an activating group) is 3. The highest BCUT2D eigenvalue weighted by Gasteiger charge is 2.47. The van der Waals surface area contributed by atoms with Gasteiger partial charge in [0.05, 0.1) is 49.8 Å². The van der Waals surface area contributed by atoms with Gasteiger partial charge >= 0.3 is 0 Å². The summed E-state index contributed by atoms with van der Waals surface area (Å²) in [6.07, 6.45) is 2.54. The number of aliphatic hydroxyl groups excluding tert-OH is 3. The first kappa shape index (κ1) is 106. The largest absolute Gasteiger partial charge is 0.399 e. The number of carbonyl (C=O) groups excluding carboxylic acids is 16. The number of H-pyrrole nitrogens is 3. The van der Waals surface area contributed by atoms with E-state index in [1.165, 1.54) is 50.4 Å². The van der Waals surface area contributed by atoms with Crippen LogP contribution in [-0.4, -0.2) is 323 Å². The predicted molar refractivity (Wildman–Crippen MR) is 504 cm³/mol. The van der Waals surface area contributed by atoms with Crippen LogP contribution in [-0.2, 0) is 102 Å². The van der Waals surface area contributed by atoms with Crippen molar-refractivity contribution in [2.24, 2.45) is 23.1 Å². The molecule has 3 fully saturated rings. The molecule has 2 unspecified atom stereocenters. The van der Waals surface area contributed by atoms with Gasteiger partial charge < -0.3 is 131 Å². The topological polar surface area (TPSA) is 671 Å². The van der Waals surface area contributed by atoms with Crippen molar-refractivity contribution in [2.75, 3.05) is 71.2 Å². The summed E-state index contributed by atoms with van der Waals surface area (Å²) >= 11 is 0.786. The smallest absolute Gasteiger partial charge is 0.246 e. The van der Waals surface area contributed by atoms with E-state index in [2.05, 4.69) is 78.4 Å². The lowest BCUT2D eigenvalue weighted by Gasteiger charge is -2.41. The minimum Gasteiger partial charge on any atom is -0.399 e. The van der Waals surface area contributed by atoms with Crippen molar-refractivity contribution in [1.29, 1.82) is 5.41 Å². The minimum absolute atomic E-state index is 0.00397. The first-order valence-corrected chi connectivity index (χ1v) is 46.9. The van der Waals surface area contributed by atoms with Crippen LogP contribution in [0, 0.1) is 11.3 Å². The van der Waals surface area contributed by atoms with Gasteiger partial charge in [-0.3, -0.25) is 87.0 Å². The molecule has 0 radical (unpaired) electrons.